The monoisotopic (exact) mass is 350 g/mol. The maximum absolute atomic E-state index is 11.4. The summed E-state index contributed by atoms with van der Waals surface area (Å²) >= 11 is 0. The van der Waals surface area contributed by atoms with Gasteiger partial charge in [0.15, 0.2) is 0 Å². The molecule has 132 valence electrons. The van der Waals surface area contributed by atoms with Crippen LogP contribution >= 0.6 is 0 Å². The first-order valence-electron chi connectivity index (χ1n) is 7.73. The first kappa shape index (κ1) is 20.3. The summed E-state index contributed by atoms with van der Waals surface area (Å²) in [5, 5.41) is 0.938. The molecule has 0 bridgehead atoms. The Labute approximate surface area is 145 Å². The molecule has 0 saturated heterocycles. The Kier molecular flexibility index (Phi) is 8.63. The fraction of sp³-hybridized carbons (Fsp3) is 0.389. The normalized spacial score (nSPS) is 12.1. The van der Waals surface area contributed by atoms with Gasteiger partial charge in [0.25, 0.3) is 0 Å². The molecule has 0 aliphatic carbocycles. The Morgan fingerprint density at radius 3 is 2.21 bits per heavy atom. The molecule has 0 atom stereocenters. The Balaban J connectivity index is 2.88. The van der Waals surface area contributed by atoms with Crippen molar-refractivity contribution in [2.45, 2.75) is 19.8 Å². The maximum Gasteiger partial charge on any atom is 0.532 e. The van der Waals surface area contributed by atoms with E-state index in [1.165, 1.54) is 0 Å². The number of rotatable bonds is 10. The van der Waals surface area contributed by atoms with Gasteiger partial charge in [0.1, 0.15) is 0 Å². The minimum absolute atomic E-state index is 0.305. The van der Waals surface area contributed by atoms with Gasteiger partial charge in [-0.25, -0.2) is 4.79 Å². The van der Waals surface area contributed by atoms with E-state index in [9.17, 15) is 4.79 Å². The summed E-state index contributed by atoms with van der Waals surface area (Å²) in [4.78, 5) is 11.4. The lowest BCUT2D eigenvalue weighted by Gasteiger charge is -2.27. The van der Waals surface area contributed by atoms with E-state index in [1.54, 1.807) is 28.3 Å². The Bertz CT molecular complexity index is 556. The summed E-state index contributed by atoms with van der Waals surface area (Å²) in [6.45, 7) is 5.50. The Hall–Kier alpha value is -1.73. The van der Waals surface area contributed by atoms with Gasteiger partial charge in [-0.15, -0.1) is 0 Å². The third kappa shape index (κ3) is 5.72. The van der Waals surface area contributed by atoms with Crippen LogP contribution in [0.15, 0.2) is 47.7 Å². The first-order chi connectivity index (χ1) is 11.5. The van der Waals surface area contributed by atoms with E-state index < -0.39 is 8.80 Å². The second kappa shape index (κ2) is 10.2. The number of esters is 1. The molecule has 0 saturated carbocycles. The highest BCUT2D eigenvalue weighted by Gasteiger charge is 2.42. The van der Waals surface area contributed by atoms with Gasteiger partial charge in [0.2, 0.25) is 0 Å². The summed E-state index contributed by atoms with van der Waals surface area (Å²) in [5.74, 6) is -0.377. The van der Waals surface area contributed by atoms with Crippen LogP contribution in [-0.2, 0) is 22.8 Å². The lowest BCUT2D eigenvalue weighted by molar-refractivity contribution is -0.139. The smallest absolute Gasteiger partial charge is 0.462 e. The van der Waals surface area contributed by atoms with Gasteiger partial charge < -0.3 is 18.0 Å². The summed E-state index contributed by atoms with van der Waals surface area (Å²) in [7, 11) is 1.82. The van der Waals surface area contributed by atoms with Crippen molar-refractivity contribution in [1.29, 1.82) is 0 Å². The predicted octanol–water partition coefficient (Wildman–Crippen LogP) is 3.39. The van der Waals surface area contributed by atoms with E-state index >= 15 is 0 Å². The summed E-state index contributed by atoms with van der Waals surface area (Å²) in [5.41, 5.74) is 1.43. The van der Waals surface area contributed by atoms with Crippen molar-refractivity contribution in [1.82, 2.24) is 0 Å². The molecule has 0 aliphatic rings. The molecule has 6 heteroatoms. The lowest BCUT2D eigenvalue weighted by Crippen LogP contribution is -2.45. The molecule has 5 nitrogen and oxygen atoms in total. The molecule has 0 radical (unpaired) electrons. The topological polar surface area (TPSA) is 54.0 Å². The Morgan fingerprint density at radius 2 is 1.71 bits per heavy atom. The maximum atomic E-state index is 11.4. The first-order valence-corrected chi connectivity index (χ1v) is 9.45. The SMILES string of the molecule is C=C(C)C(=O)OCCCC(=Cc1ccccc1)[Si](OC)(OC)OC. The highest BCUT2D eigenvalue weighted by molar-refractivity contribution is 6.69. The molecule has 0 amide bonds. The molecule has 0 aliphatic heterocycles. The second-order valence-electron chi connectivity index (χ2n) is 5.27. The van der Waals surface area contributed by atoms with Crippen molar-refractivity contribution >= 4 is 20.8 Å². The molecule has 1 aromatic rings. The molecule has 0 heterocycles. The number of allylic oxidation sites excluding steroid dienone is 1. The van der Waals surface area contributed by atoms with Crippen molar-refractivity contribution in [3.63, 3.8) is 0 Å². The molecule has 0 unspecified atom stereocenters. The summed E-state index contributed by atoms with van der Waals surface area (Å²) in [6.07, 6.45) is 3.30. The predicted molar refractivity (Wildman–Crippen MR) is 96.2 cm³/mol. The van der Waals surface area contributed by atoms with Crippen LogP contribution in [0.5, 0.6) is 0 Å². The van der Waals surface area contributed by atoms with Crippen molar-refractivity contribution in [3.8, 4) is 0 Å². The van der Waals surface area contributed by atoms with Gasteiger partial charge in [0.05, 0.1) is 6.61 Å². The molecule has 24 heavy (non-hydrogen) atoms. The van der Waals surface area contributed by atoms with Crippen molar-refractivity contribution < 1.29 is 22.8 Å². The van der Waals surface area contributed by atoms with Crippen molar-refractivity contribution in [2.24, 2.45) is 0 Å². The molecule has 1 aromatic carbocycles. The zero-order chi connectivity index (χ0) is 18.0. The van der Waals surface area contributed by atoms with Crippen LogP contribution in [0.25, 0.3) is 6.08 Å². The lowest BCUT2D eigenvalue weighted by atomic mass is 10.2. The fourth-order valence-corrected chi connectivity index (χ4v) is 4.37. The van der Waals surface area contributed by atoms with Crippen molar-refractivity contribution in [2.75, 3.05) is 27.9 Å². The zero-order valence-electron chi connectivity index (χ0n) is 14.8. The third-order valence-electron chi connectivity index (χ3n) is 3.51. The number of carbonyl (C=O) groups is 1. The standard InChI is InChI=1S/C18H26O5Si/c1-15(2)18(19)23-13-9-12-17(24(20-3,21-4)22-5)14-16-10-7-6-8-11-16/h6-8,10-11,14H,1,9,12-13H2,2-5H3. The molecule has 0 fully saturated rings. The number of ether oxygens (including phenoxy) is 1. The minimum Gasteiger partial charge on any atom is -0.462 e. The molecular formula is C18H26O5Si. The molecule has 0 aromatic heterocycles. The summed E-state index contributed by atoms with van der Waals surface area (Å²) in [6, 6.07) is 9.89. The average molecular weight is 350 g/mol. The van der Waals surface area contributed by atoms with Gasteiger partial charge in [-0.1, -0.05) is 43.0 Å². The van der Waals surface area contributed by atoms with Crippen LogP contribution in [0.1, 0.15) is 25.3 Å². The largest absolute Gasteiger partial charge is 0.532 e. The van der Waals surface area contributed by atoms with Gasteiger partial charge in [0, 0.05) is 32.1 Å². The minimum atomic E-state index is -2.93. The van der Waals surface area contributed by atoms with Crippen LogP contribution in [0, 0.1) is 0 Å². The van der Waals surface area contributed by atoms with Crippen LogP contribution in [0.3, 0.4) is 0 Å². The molecule has 0 spiro atoms. The number of hydrogen-bond acceptors (Lipinski definition) is 5. The van der Waals surface area contributed by atoms with E-state index in [-0.39, 0.29) is 5.97 Å². The number of carbonyl (C=O) groups excluding carboxylic acids is 1. The Morgan fingerprint density at radius 1 is 1.12 bits per heavy atom. The quantitative estimate of drug-likeness (QED) is 0.280. The molecular weight excluding hydrogens is 324 g/mol. The number of benzene rings is 1. The van der Waals surface area contributed by atoms with Gasteiger partial charge in [-0.05, 0) is 25.3 Å². The highest BCUT2D eigenvalue weighted by atomic mass is 28.4. The average Bonchev–Trinajstić information content (AvgIpc) is 2.60. The van der Waals surface area contributed by atoms with Crippen LogP contribution in [0.4, 0.5) is 0 Å². The third-order valence-corrected chi connectivity index (χ3v) is 6.31. The van der Waals surface area contributed by atoms with Crippen LogP contribution in [-0.4, -0.2) is 42.7 Å². The van der Waals surface area contributed by atoms with Gasteiger partial charge >= 0.3 is 14.8 Å². The van der Waals surface area contributed by atoms with Crippen molar-refractivity contribution in [3.05, 3.63) is 53.2 Å². The van der Waals surface area contributed by atoms with E-state index in [0.29, 0.717) is 25.0 Å². The van der Waals surface area contributed by atoms with E-state index in [0.717, 1.165) is 10.8 Å². The molecule has 1 rings (SSSR count). The second-order valence-corrected chi connectivity index (χ2v) is 8.25. The molecule has 0 N–H and O–H groups in total. The van der Waals surface area contributed by atoms with E-state index in [4.69, 9.17) is 18.0 Å². The van der Waals surface area contributed by atoms with E-state index in [1.807, 2.05) is 36.4 Å². The fourth-order valence-electron chi connectivity index (χ4n) is 2.26. The van der Waals surface area contributed by atoms with Gasteiger partial charge in [-0.3, -0.25) is 0 Å². The van der Waals surface area contributed by atoms with Crippen LogP contribution < -0.4 is 0 Å². The summed E-state index contributed by atoms with van der Waals surface area (Å²) < 4.78 is 21.9. The highest BCUT2D eigenvalue weighted by Crippen LogP contribution is 2.25. The zero-order valence-corrected chi connectivity index (χ0v) is 15.8. The van der Waals surface area contributed by atoms with Crippen LogP contribution in [0.2, 0.25) is 0 Å². The number of hydrogen-bond donors (Lipinski definition) is 0. The van der Waals surface area contributed by atoms with Gasteiger partial charge in [-0.2, -0.15) is 0 Å². The van der Waals surface area contributed by atoms with E-state index in [2.05, 4.69) is 6.58 Å².